The first kappa shape index (κ1) is 19.4. The van der Waals surface area contributed by atoms with Gasteiger partial charge < -0.3 is 9.84 Å². The van der Waals surface area contributed by atoms with Crippen molar-refractivity contribution in [3.8, 4) is 0 Å². The van der Waals surface area contributed by atoms with Crippen molar-refractivity contribution < 1.29 is 9.84 Å². The molecular weight excluding hydrogens is 304 g/mol. The molecule has 0 fully saturated rings. The molecule has 2 nitrogen and oxygen atoms in total. The Labute approximate surface area is 128 Å². The summed E-state index contributed by atoms with van der Waals surface area (Å²) in [4.78, 5) is 0. The number of aliphatic hydroxyl groups is 1. The van der Waals surface area contributed by atoms with E-state index in [9.17, 15) is 0 Å². The fourth-order valence-corrected chi connectivity index (χ4v) is 2.53. The number of aliphatic hydroxyl groups excluding tert-OH is 1. The topological polar surface area (TPSA) is 29.5 Å². The standard InChI is InChI=1S/C16H33BrO2/c17-13-9-12-16-19-15-11-8-6-4-2-1-3-5-7-10-14-18/h18H,1-16H2. The van der Waals surface area contributed by atoms with E-state index < -0.39 is 0 Å². The molecule has 0 radical (unpaired) electrons. The fraction of sp³-hybridized carbons (Fsp3) is 1.00. The summed E-state index contributed by atoms with van der Waals surface area (Å²) >= 11 is 3.42. The second-order valence-electron chi connectivity index (χ2n) is 5.27. The van der Waals surface area contributed by atoms with E-state index in [1.54, 1.807) is 0 Å². The molecule has 0 aromatic rings. The highest BCUT2D eigenvalue weighted by molar-refractivity contribution is 9.09. The van der Waals surface area contributed by atoms with Gasteiger partial charge in [0.2, 0.25) is 0 Å². The molecule has 0 aromatic carbocycles. The van der Waals surface area contributed by atoms with Gasteiger partial charge in [0.25, 0.3) is 0 Å². The molecule has 3 heteroatoms. The van der Waals surface area contributed by atoms with Crippen molar-refractivity contribution in [1.29, 1.82) is 0 Å². The SMILES string of the molecule is OCCCCCCCCCCCCOCCCCBr. The molecule has 0 saturated heterocycles. The Hall–Kier alpha value is 0.400. The van der Waals surface area contributed by atoms with Crippen LogP contribution in [0.25, 0.3) is 0 Å². The minimum absolute atomic E-state index is 0.359. The van der Waals surface area contributed by atoms with Gasteiger partial charge in [0.1, 0.15) is 0 Å². The van der Waals surface area contributed by atoms with Crippen LogP contribution < -0.4 is 0 Å². The van der Waals surface area contributed by atoms with Crippen LogP contribution in [-0.2, 0) is 4.74 Å². The third-order valence-electron chi connectivity index (χ3n) is 3.37. The molecule has 0 aliphatic carbocycles. The van der Waals surface area contributed by atoms with Gasteiger partial charge in [-0.2, -0.15) is 0 Å². The number of ether oxygens (including phenoxy) is 1. The summed E-state index contributed by atoms with van der Waals surface area (Å²) in [6, 6.07) is 0. The summed E-state index contributed by atoms with van der Waals surface area (Å²) < 4.78 is 5.58. The first-order valence-corrected chi connectivity index (χ1v) is 9.28. The maximum atomic E-state index is 8.66. The summed E-state index contributed by atoms with van der Waals surface area (Å²) in [5.41, 5.74) is 0. The predicted molar refractivity (Wildman–Crippen MR) is 87.1 cm³/mol. The lowest BCUT2D eigenvalue weighted by molar-refractivity contribution is 0.127. The molecule has 0 heterocycles. The monoisotopic (exact) mass is 336 g/mol. The Morgan fingerprint density at radius 2 is 1.00 bits per heavy atom. The second kappa shape index (κ2) is 18.4. The van der Waals surface area contributed by atoms with Crippen molar-refractivity contribution in [2.45, 2.75) is 77.0 Å². The third-order valence-corrected chi connectivity index (χ3v) is 3.93. The molecule has 0 aliphatic heterocycles. The lowest BCUT2D eigenvalue weighted by atomic mass is 10.1. The Morgan fingerprint density at radius 3 is 1.47 bits per heavy atom. The maximum absolute atomic E-state index is 8.66. The molecule has 0 aliphatic rings. The van der Waals surface area contributed by atoms with E-state index in [0.29, 0.717) is 6.61 Å². The van der Waals surface area contributed by atoms with E-state index in [2.05, 4.69) is 15.9 Å². The Bertz CT molecular complexity index is 138. The first-order valence-electron chi connectivity index (χ1n) is 8.16. The zero-order chi connectivity index (χ0) is 14.0. The molecule has 0 bridgehead atoms. The van der Waals surface area contributed by atoms with Crippen molar-refractivity contribution in [2.75, 3.05) is 25.2 Å². The molecule has 0 spiro atoms. The van der Waals surface area contributed by atoms with Gasteiger partial charge in [0.05, 0.1) is 0 Å². The average molecular weight is 337 g/mol. The van der Waals surface area contributed by atoms with E-state index in [-0.39, 0.29) is 0 Å². The van der Waals surface area contributed by atoms with E-state index in [0.717, 1.165) is 25.0 Å². The van der Waals surface area contributed by atoms with Crippen molar-refractivity contribution in [2.24, 2.45) is 0 Å². The molecule has 0 unspecified atom stereocenters. The molecule has 0 rings (SSSR count). The van der Waals surface area contributed by atoms with Crippen molar-refractivity contribution in [1.82, 2.24) is 0 Å². The Morgan fingerprint density at radius 1 is 0.579 bits per heavy atom. The van der Waals surface area contributed by atoms with Gasteiger partial charge in [-0.15, -0.1) is 0 Å². The quantitative estimate of drug-likeness (QED) is 0.315. The highest BCUT2D eigenvalue weighted by Crippen LogP contribution is 2.10. The van der Waals surface area contributed by atoms with Crippen LogP contribution in [0.5, 0.6) is 0 Å². The van der Waals surface area contributed by atoms with Crippen molar-refractivity contribution in [3.05, 3.63) is 0 Å². The number of halogens is 1. The van der Waals surface area contributed by atoms with Crippen LogP contribution in [0.1, 0.15) is 77.0 Å². The summed E-state index contributed by atoms with van der Waals surface area (Å²) in [7, 11) is 0. The van der Waals surface area contributed by atoms with Gasteiger partial charge in [-0.3, -0.25) is 0 Å². The lowest BCUT2D eigenvalue weighted by Gasteiger charge is -2.04. The number of alkyl halides is 1. The number of unbranched alkanes of at least 4 members (excludes halogenated alkanes) is 10. The predicted octanol–water partition coefficient (Wildman–Crippen LogP) is 5.07. The highest BCUT2D eigenvalue weighted by atomic mass is 79.9. The molecule has 0 saturated carbocycles. The van der Waals surface area contributed by atoms with Crippen LogP contribution in [0.15, 0.2) is 0 Å². The van der Waals surface area contributed by atoms with Crippen LogP contribution in [0.4, 0.5) is 0 Å². The van der Waals surface area contributed by atoms with Crippen molar-refractivity contribution >= 4 is 15.9 Å². The number of hydrogen-bond donors (Lipinski definition) is 1. The summed E-state index contributed by atoms with van der Waals surface area (Å²) in [6.07, 6.45) is 15.3. The van der Waals surface area contributed by atoms with E-state index in [4.69, 9.17) is 9.84 Å². The molecule has 19 heavy (non-hydrogen) atoms. The summed E-state index contributed by atoms with van der Waals surface area (Å²) in [6.45, 7) is 2.24. The van der Waals surface area contributed by atoms with E-state index in [1.807, 2.05) is 0 Å². The van der Waals surface area contributed by atoms with Crippen molar-refractivity contribution in [3.63, 3.8) is 0 Å². The Balaban J connectivity index is 2.88. The van der Waals surface area contributed by atoms with Crippen LogP contribution in [0.3, 0.4) is 0 Å². The molecule has 0 atom stereocenters. The second-order valence-corrected chi connectivity index (χ2v) is 6.06. The smallest absolute Gasteiger partial charge is 0.0466 e. The summed E-state index contributed by atoms with van der Waals surface area (Å²) in [5, 5.41) is 9.75. The number of rotatable bonds is 16. The van der Waals surface area contributed by atoms with Crippen LogP contribution >= 0.6 is 15.9 Å². The lowest BCUT2D eigenvalue weighted by Crippen LogP contribution is -1.97. The number of hydrogen-bond acceptors (Lipinski definition) is 2. The fourth-order valence-electron chi connectivity index (χ4n) is 2.13. The highest BCUT2D eigenvalue weighted by Gasteiger charge is 1.94. The minimum Gasteiger partial charge on any atom is -0.396 e. The van der Waals surface area contributed by atoms with Gasteiger partial charge in [-0.1, -0.05) is 67.3 Å². The molecular formula is C16H33BrO2. The largest absolute Gasteiger partial charge is 0.396 e. The van der Waals surface area contributed by atoms with Gasteiger partial charge in [-0.05, 0) is 25.7 Å². The van der Waals surface area contributed by atoms with E-state index >= 15 is 0 Å². The third kappa shape index (κ3) is 18.4. The van der Waals surface area contributed by atoms with Crippen LogP contribution in [0, 0.1) is 0 Å². The van der Waals surface area contributed by atoms with Gasteiger partial charge in [-0.25, -0.2) is 0 Å². The van der Waals surface area contributed by atoms with Crippen LogP contribution in [0.2, 0.25) is 0 Å². The molecule has 1 N–H and O–H groups in total. The zero-order valence-corrected chi connectivity index (χ0v) is 14.1. The summed E-state index contributed by atoms with van der Waals surface area (Å²) in [5.74, 6) is 0. The van der Waals surface area contributed by atoms with Crippen LogP contribution in [-0.4, -0.2) is 30.3 Å². The molecule has 0 amide bonds. The van der Waals surface area contributed by atoms with Gasteiger partial charge >= 0.3 is 0 Å². The molecule has 116 valence electrons. The van der Waals surface area contributed by atoms with Gasteiger partial charge in [0, 0.05) is 25.2 Å². The maximum Gasteiger partial charge on any atom is 0.0466 e. The average Bonchev–Trinajstić information content (AvgIpc) is 2.43. The van der Waals surface area contributed by atoms with Gasteiger partial charge in [0.15, 0.2) is 0 Å². The Kier molecular flexibility index (Phi) is 18.8. The zero-order valence-electron chi connectivity index (χ0n) is 12.5. The normalized spacial score (nSPS) is 11.1. The molecule has 0 aromatic heterocycles. The first-order chi connectivity index (χ1) is 9.41. The van der Waals surface area contributed by atoms with E-state index in [1.165, 1.54) is 70.6 Å². The minimum atomic E-state index is 0.359.